The van der Waals surface area contributed by atoms with E-state index >= 15 is 0 Å². The molecule has 0 saturated heterocycles. The van der Waals surface area contributed by atoms with E-state index in [4.69, 9.17) is 16.3 Å². The smallest absolute Gasteiger partial charge is 0.322 e. The summed E-state index contributed by atoms with van der Waals surface area (Å²) in [7, 11) is 0. The van der Waals surface area contributed by atoms with Gasteiger partial charge in [0.1, 0.15) is 17.5 Å². The second-order valence-corrected chi connectivity index (χ2v) is 6.69. The number of rotatable bonds is 5. The summed E-state index contributed by atoms with van der Waals surface area (Å²) in [6.07, 6.45) is 0.556. The lowest BCUT2D eigenvalue weighted by molar-refractivity contribution is -0.139. The molecule has 2 aromatic rings. The van der Waals surface area contributed by atoms with Gasteiger partial charge in [0.05, 0.1) is 5.56 Å². The van der Waals surface area contributed by atoms with Gasteiger partial charge in [0, 0.05) is 11.4 Å². The largest absolute Gasteiger partial charge is 0.425 e. The summed E-state index contributed by atoms with van der Waals surface area (Å²) in [6, 6.07) is 13.8. The minimum absolute atomic E-state index is 0.0709. The third kappa shape index (κ3) is 3.80. The van der Waals surface area contributed by atoms with Gasteiger partial charge in [-0.2, -0.15) is 0 Å². The molecule has 0 bridgehead atoms. The van der Waals surface area contributed by atoms with Gasteiger partial charge < -0.3 is 9.53 Å². The third-order valence-corrected chi connectivity index (χ3v) is 4.58. The molecule has 0 spiro atoms. The maximum absolute atomic E-state index is 12.9. The Hall–Kier alpha value is -2.46. The van der Waals surface area contributed by atoms with Crippen molar-refractivity contribution in [3.8, 4) is 5.75 Å². The third-order valence-electron chi connectivity index (χ3n) is 4.33. The molecule has 1 aliphatic rings. The van der Waals surface area contributed by atoms with Gasteiger partial charge in [0.2, 0.25) is 0 Å². The van der Waals surface area contributed by atoms with Crippen LogP contribution in [0.3, 0.4) is 0 Å². The minimum Gasteiger partial charge on any atom is -0.425 e. The quantitative estimate of drug-likeness (QED) is 0.463. The number of carbonyl (C=O) groups is 3. The first-order chi connectivity index (χ1) is 12.0. The van der Waals surface area contributed by atoms with E-state index in [2.05, 4.69) is 0 Å². The molecule has 0 amide bonds. The summed E-state index contributed by atoms with van der Waals surface area (Å²) in [5.74, 6) is -2.10. The number of ether oxygens (including phenoxy) is 1. The lowest BCUT2D eigenvalue weighted by atomic mass is 9.78. The zero-order valence-corrected chi connectivity index (χ0v) is 14.5. The van der Waals surface area contributed by atoms with Crippen LogP contribution in [0, 0.1) is 11.8 Å². The second kappa shape index (κ2) is 7.19. The number of hydrogen-bond donors (Lipinski definition) is 0. The molecule has 1 heterocycles. The second-order valence-electron chi connectivity index (χ2n) is 6.26. The van der Waals surface area contributed by atoms with Crippen molar-refractivity contribution >= 4 is 29.1 Å². The lowest BCUT2D eigenvalue weighted by Gasteiger charge is -2.28. The molecular formula is C20H17ClO4. The van der Waals surface area contributed by atoms with Crippen molar-refractivity contribution in [2.24, 2.45) is 11.8 Å². The van der Waals surface area contributed by atoms with Gasteiger partial charge in [-0.25, -0.2) is 0 Å². The molecule has 128 valence electrons. The Kier molecular flexibility index (Phi) is 5.00. The Balaban J connectivity index is 1.92. The Morgan fingerprint density at radius 1 is 1.12 bits per heavy atom. The molecule has 5 heteroatoms. The summed E-state index contributed by atoms with van der Waals surface area (Å²) in [5.41, 5.74) is 1.30. The van der Waals surface area contributed by atoms with Crippen molar-refractivity contribution in [2.45, 2.75) is 19.8 Å². The van der Waals surface area contributed by atoms with Crippen molar-refractivity contribution in [2.75, 3.05) is 0 Å². The standard InChI is InChI=1S/C20H17ClO4/c1-12(22)10-14(11-13-6-8-15(21)9-7-13)18-19(23)16-4-2-3-5-17(16)25-20(18)24/h2-9,14,18H,10-11H2,1H3. The first-order valence-corrected chi connectivity index (χ1v) is 8.42. The highest BCUT2D eigenvalue weighted by atomic mass is 35.5. The van der Waals surface area contributed by atoms with Crippen LogP contribution in [0.1, 0.15) is 29.3 Å². The predicted molar refractivity (Wildman–Crippen MR) is 93.8 cm³/mol. The fourth-order valence-electron chi connectivity index (χ4n) is 3.21. The number of fused-ring (bicyclic) bond motifs is 1. The summed E-state index contributed by atoms with van der Waals surface area (Å²) < 4.78 is 5.34. The van der Waals surface area contributed by atoms with Crippen LogP contribution in [0.2, 0.25) is 5.02 Å². The van der Waals surface area contributed by atoms with Gasteiger partial charge >= 0.3 is 5.97 Å². The molecule has 2 aromatic carbocycles. The van der Waals surface area contributed by atoms with Gasteiger partial charge in [-0.3, -0.25) is 9.59 Å². The van der Waals surface area contributed by atoms with Crippen LogP contribution in [-0.4, -0.2) is 17.5 Å². The zero-order chi connectivity index (χ0) is 18.0. The number of para-hydroxylation sites is 1. The number of hydrogen-bond acceptors (Lipinski definition) is 4. The van der Waals surface area contributed by atoms with Gasteiger partial charge in [-0.15, -0.1) is 0 Å². The Morgan fingerprint density at radius 3 is 2.48 bits per heavy atom. The Bertz CT molecular complexity index is 826. The average molecular weight is 357 g/mol. The van der Waals surface area contributed by atoms with Gasteiger partial charge in [0.25, 0.3) is 0 Å². The van der Waals surface area contributed by atoms with Crippen LogP contribution in [0.5, 0.6) is 5.75 Å². The van der Waals surface area contributed by atoms with E-state index in [0.29, 0.717) is 17.0 Å². The number of ketones is 2. The fourth-order valence-corrected chi connectivity index (χ4v) is 3.34. The fraction of sp³-hybridized carbons (Fsp3) is 0.250. The number of esters is 1. The molecule has 0 N–H and O–H groups in total. The molecule has 0 aromatic heterocycles. The van der Waals surface area contributed by atoms with E-state index in [1.165, 1.54) is 6.92 Å². The van der Waals surface area contributed by atoms with Gasteiger partial charge in [-0.05, 0) is 49.1 Å². The molecule has 0 radical (unpaired) electrons. The summed E-state index contributed by atoms with van der Waals surface area (Å²) in [6.45, 7) is 1.46. The van der Waals surface area contributed by atoms with Crippen molar-refractivity contribution in [1.82, 2.24) is 0 Å². The van der Waals surface area contributed by atoms with E-state index in [0.717, 1.165) is 5.56 Å². The molecule has 2 atom stereocenters. The highest BCUT2D eigenvalue weighted by Crippen LogP contribution is 2.34. The number of Topliss-reactive ketones (excluding diaryl/α,β-unsaturated/α-hetero) is 2. The average Bonchev–Trinajstić information content (AvgIpc) is 2.56. The van der Waals surface area contributed by atoms with E-state index in [1.807, 2.05) is 12.1 Å². The van der Waals surface area contributed by atoms with Crippen LogP contribution in [0.15, 0.2) is 48.5 Å². The van der Waals surface area contributed by atoms with Crippen LogP contribution in [0.25, 0.3) is 0 Å². The van der Waals surface area contributed by atoms with Gasteiger partial charge in [-0.1, -0.05) is 35.9 Å². The Labute approximate surface area is 150 Å². The number of carbonyl (C=O) groups excluding carboxylic acids is 3. The molecule has 0 saturated carbocycles. The SMILES string of the molecule is CC(=O)CC(Cc1ccc(Cl)cc1)C1C(=O)Oc2ccccc2C1=O. The van der Waals surface area contributed by atoms with E-state index < -0.39 is 17.8 Å². The molecule has 1 aliphatic heterocycles. The Morgan fingerprint density at radius 2 is 1.80 bits per heavy atom. The minimum atomic E-state index is -0.977. The zero-order valence-electron chi connectivity index (χ0n) is 13.7. The van der Waals surface area contributed by atoms with E-state index in [9.17, 15) is 14.4 Å². The monoisotopic (exact) mass is 356 g/mol. The van der Waals surface area contributed by atoms with Crippen molar-refractivity contribution < 1.29 is 19.1 Å². The first-order valence-electron chi connectivity index (χ1n) is 8.04. The number of benzene rings is 2. The van der Waals surface area contributed by atoms with Crippen molar-refractivity contribution in [3.63, 3.8) is 0 Å². The van der Waals surface area contributed by atoms with E-state index in [-0.39, 0.29) is 23.7 Å². The highest BCUT2D eigenvalue weighted by molar-refractivity contribution is 6.30. The van der Waals surface area contributed by atoms with E-state index in [1.54, 1.807) is 36.4 Å². The summed E-state index contributed by atoms with van der Waals surface area (Å²) >= 11 is 5.90. The van der Waals surface area contributed by atoms with Crippen LogP contribution >= 0.6 is 11.6 Å². The topological polar surface area (TPSA) is 60.4 Å². The molecule has 2 unspecified atom stereocenters. The molecule has 0 aliphatic carbocycles. The van der Waals surface area contributed by atoms with Crippen LogP contribution < -0.4 is 4.74 Å². The van der Waals surface area contributed by atoms with Crippen molar-refractivity contribution in [1.29, 1.82) is 0 Å². The maximum atomic E-state index is 12.9. The summed E-state index contributed by atoms with van der Waals surface area (Å²) in [5, 5.41) is 0.606. The predicted octanol–water partition coefficient (Wildman–Crippen LogP) is 3.90. The normalized spacial score (nSPS) is 17.6. The molecular weight excluding hydrogens is 340 g/mol. The van der Waals surface area contributed by atoms with Crippen LogP contribution in [-0.2, 0) is 16.0 Å². The molecule has 25 heavy (non-hydrogen) atoms. The molecule has 3 rings (SSSR count). The lowest BCUT2D eigenvalue weighted by Crippen LogP contribution is -2.40. The maximum Gasteiger partial charge on any atom is 0.322 e. The van der Waals surface area contributed by atoms with Crippen molar-refractivity contribution in [3.05, 3.63) is 64.7 Å². The number of halogens is 1. The molecule has 0 fully saturated rings. The van der Waals surface area contributed by atoms with Crippen LogP contribution in [0.4, 0.5) is 0 Å². The highest BCUT2D eigenvalue weighted by Gasteiger charge is 2.41. The summed E-state index contributed by atoms with van der Waals surface area (Å²) in [4.78, 5) is 37.0. The first kappa shape index (κ1) is 17.4. The van der Waals surface area contributed by atoms with Gasteiger partial charge in [0.15, 0.2) is 5.78 Å². The molecule has 4 nitrogen and oxygen atoms in total.